The first-order valence-electron chi connectivity index (χ1n) is 13.6. The molecule has 5 nitrogen and oxygen atoms in total. The monoisotopic (exact) mass is 553 g/mol. The van der Waals surface area contributed by atoms with Crippen LogP contribution >= 0.6 is 0 Å². The van der Waals surface area contributed by atoms with E-state index in [9.17, 15) is 9.18 Å². The summed E-state index contributed by atoms with van der Waals surface area (Å²) in [6.45, 7) is 10.3. The summed E-state index contributed by atoms with van der Waals surface area (Å²) >= 11 is 0. The maximum absolute atomic E-state index is 14.0. The molecule has 0 fully saturated rings. The number of methoxy groups -OCH3 is 1. The second-order valence-corrected chi connectivity index (χ2v) is 11.0. The van der Waals surface area contributed by atoms with Crippen LogP contribution in [0.5, 0.6) is 17.2 Å². The number of ether oxygens (including phenoxy) is 3. The SMILES string of the molecule is COc1cc(OC(=O)c2ccccc2C)ccc1-c1ccc2c(c1COc1cc(F)ccc1C)C(C)=CC(C)(C)N2.[HH]. The van der Waals surface area contributed by atoms with E-state index in [-0.39, 0.29) is 19.4 Å². The molecule has 0 aromatic heterocycles. The van der Waals surface area contributed by atoms with Gasteiger partial charge in [-0.3, -0.25) is 0 Å². The summed E-state index contributed by atoms with van der Waals surface area (Å²) in [4.78, 5) is 12.8. The topological polar surface area (TPSA) is 56.8 Å². The normalized spacial score (nSPS) is 13.5. The maximum atomic E-state index is 14.0. The minimum atomic E-state index is -0.430. The summed E-state index contributed by atoms with van der Waals surface area (Å²) in [6.07, 6.45) is 2.20. The van der Waals surface area contributed by atoms with Crippen LogP contribution in [0.15, 0.2) is 78.9 Å². The quantitative estimate of drug-likeness (QED) is 0.183. The molecule has 1 heterocycles. The van der Waals surface area contributed by atoms with Gasteiger partial charge in [-0.2, -0.15) is 0 Å². The van der Waals surface area contributed by atoms with E-state index in [1.807, 2.05) is 44.2 Å². The van der Waals surface area contributed by atoms with Gasteiger partial charge < -0.3 is 19.5 Å². The van der Waals surface area contributed by atoms with Crippen molar-refractivity contribution >= 4 is 17.2 Å². The lowest BCUT2D eigenvalue weighted by Crippen LogP contribution is -2.32. The van der Waals surface area contributed by atoms with Crippen molar-refractivity contribution < 1.29 is 24.8 Å². The van der Waals surface area contributed by atoms with Crippen LogP contribution in [0, 0.1) is 19.7 Å². The average Bonchev–Trinajstić information content (AvgIpc) is 2.92. The van der Waals surface area contributed by atoms with E-state index in [2.05, 4.69) is 38.2 Å². The van der Waals surface area contributed by atoms with Gasteiger partial charge in [0.05, 0.1) is 18.2 Å². The Morgan fingerprint density at radius 2 is 1.66 bits per heavy atom. The Morgan fingerprint density at radius 1 is 0.902 bits per heavy atom. The van der Waals surface area contributed by atoms with Crippen LogP contribution < -0.4 is 19.5 Å². The van der Waals surface area contributed by atoms with Crippen LogP contribution in [0.2, 0.25) is 0 Å². The van der Waals surface area contributed by atoms with Gasteiger partial charge in [0.25, 0.3) is 0 Å². The molecule has 0 atom stereocenters. The van der Waals surface area contributed by atoms with Crippen LogP contribution in [-0.4, -0.2) is 18.6 Å². The van der Waals surface area contributed by atoms with Gasteiger partial charge in [0.2, 0.25) is 0 Å². The molecule has 5 rings (SSSR count). The molecule has 4 aromatic carbocycles. The molecule has 1 N–H and O–H groups in total. The maximum Gasteiger partial charge on any atom is 0.343 e. The van der Waals surface area contributed by atoms with Crippen LogP contribution in [0.25, 0.3) is 16.7 Å². The minimum Gasteiger partial charge on any atom is -0.496 e. The van der Waals surface area contributed by atoms with Crippen molar-refractivity contribution in [2.75, 3.05) is 12.4 Å². The number of hydrogen-bond donors (Lipinski definition) is 1. The van der Waals surface area contributed by atoms with E-state index in [1.54, 1.807) is 31.4 Å². The highest BCUT2D eigenvalue weighted by atomic mass is 19.1. The van der Waals surface area contributed by atoms with Gasteiger partial charge in [0.15, 0.2) is 0 Å². The molecule has 212 valence electrons. The smallest absolute Gasteiger partial charge is 0.343 e. The highest BCUT2D eigenvalue weighted by molar-refractivity contribution is 5.93. The number of fused-ring (bicyclic) bond motifs is 1. The molecule has 4 aromatic rings. The number of allylic oxidation sites excluding steroid dienone is 1. The van der Waals surface area contributed by atoms with Gasteiger partial charge in [-0.1, -0.05) is 36.4 Å². The fourth-order valence-corrected chi connectivity index (χ4v) is 5.40. The molecular formula is C35H36FNO4. The van der Waals surface area contributed by atoms with Gasteiger partial charge in [-0.05, 0) is 87.2 Å². The lowest BCUT2D eigenvalue weighted by atomic mass is 9.85. The molecular weight excluding hydrogens is 517 g/mol. The number of aryl methyl sites for hydroxylation is 2. The fourth-order valence-electron chi connectivity index (χ4n) is 5.40. The van der Waals surface area contributed by atoms with Crippen molar-refractivity contribution in [3.8, 4) is 28.4 Å². The first-order valence-corrected chi connectivity index (χ1v) is 13.6. The number of esters is 1. The predicted molar refractivity (Wildman–Crippen MR) is 164 cm³/mol. The summed E-state index contributed by atoms with van der Waals surface area (Å²) in [7, 11) is 1.59. The van der Waals surface area contributed by atoms with Gasteiger partial charge in [0.1, 0.15) is 29.7 Å². The zero-order chi connectivity index (χ0) is 29.3. The third-order valence-electron chi connectivity index (χ3n) is 7.30. The largest absolute Gasteiger partial charge is 0.496 e. The Balaban J connectivity index is 0.00000405. The van der Waals surface area contributed by atoms with Crippen molar-refractivity contribution in [3.63, 3.8) is 0 Å². The summed E-state index contributed by atoms with van der Waals surface area (Å²) in [6, 6.07) is 21.3. The molecule has 0 bridgehead atoms. The van der Waals surface area contributed by atoms with Gasteiger partial charge >= 0.3 is 5.97 Å². The number of halogens is 1. The third kappa shape index (κ3) is 5.82. The molecule has 0 amide bonds. The van der Waals surface area contributed by atoms with Gasteiger partial charge in [-0.25, -0.2) is 9.18 Å². The molecule has 0 spiro atoms. The number of benzene rings is 4. The lowest BCUT2D eigenvalue weighted by molar-refractivity contribution is 0.0733. The highest BCUT2D eigenvalue weighted by Gasteiger charge is 2.27. The molecule has 0 aliphatic carbocycles. The molecule has 0 radical (unpaired) electrons. The number of rotatable bonds is 7. The fraction of sp³-hybridized carbons (Fsp3) is 0.229. The third-order valence-corrected chi connectivity index (χ3v) is 7.30. The average molecular weight is 554 g/mol. The number of nitrogens with one attached hydrogen (secondary N) is 1. The van der Waals surface area contributed by atoms with Crippen molar-refractivity contribution in [2.24, 2.45) is 0 Å². The second kappa shape index (κ2) is 11.1. The standard InChI is InChI=1S/C35H34FNO4.H2/c1-21-9-7-8-10-26(21)34(38)41-25-13-14-28(32(18-25)39-6)27-15-16-30-33(23(3)19-35(4,5)37-30)29(27)20-40-31-17-24(36)12-11-22(31)2;/h7-19,37H,20H2,1-6H3;1H. The minimum absolute atomic E-state index is 0. The second-order valence-electron chi connectivity index (χ2n) is 11.0. The van der Waals surface area contributed by atoms with E-state index in [0.29, 0.717) is 22.8 Å². The Bertz CT molecular complexity index is 1680. The number of hydrogen-bond acceptors (Lipinski definition) is 5. The lowest BCUT2D eigenvalue weighted by Gasteiger charge is -2.33. The summed E-state index contributed by atoms with van der Waals surface area (Å²) in [5.74, 6) is 0.641. The predicted octanol–water partition coefficient (Wildman–Crippen LogP) is 8.77. The molecule has 1 aliphatic rings. The molecule has 0 saturated carbocycles. The zero-order valence-electron chi connectivity index (χ0n) is 24.2. The Labute approximate surface area is 242 Å². The number of carbonyl (C=O) groups is 1. The molecule has 0 unspecified atom stereocenters. The van der Waals surface area contributed by atoms with Crippen molar-refractivity contribution in [1.82, 2.24) is 0 Å². The Kier molecular flexibility index (Phi) is 7.59. The van der Waals surface area contributed by atoms with Gasteiger partial charge in [0, 0.05) is 35.9 Å². The zero-order valence-corrected chi connectivity index (χ0v) is 24.2. The summed E-state index contributed by atoms with van der Waals surface area (Å²) < 4.78 is 31.8. The van der Waals surface area contributed by atoms with Crippen LogP contribution in [0.3, 0.4) is 0 Å². The van der Waals surface area contributed by atoms with E-state index in [1.165, 1.54) is 12.1 Å². The van der Waals surface area contributed by atoms with Crippen LogP contribution in [-0.2, 0) is 6.61 Å². The Morgan fingerprint density at radius 3 is 2.41 bits per heavy atom. The van der Waals surface area contributed by atoms with Crippen molar-refractivity contribution in [3.05, 3.63) is 113 Å². The van der Waals surface area contributed by atoms with Crippen LogP contribution in [0.1, 0.15) is 54.8 Å². The van der Waals surface area contributed by atoms with Crippen molar-refractivity contribution in [1.29, 1.82) is 0 Å². The highest BCUT2D eigenvalue weighted by Crippen LogP contribution is 2.43. The van der Waals surface area contributed by atoms with E-state index in [4.69, 9.17) is 14.2 Å². The Hall–Kier alpha value is -4.58. The van der Waals surface area contributed by atoms with Gasteiger partial charge in [-0.15, -0.1) is 0 Å². The first kappa shape index (κ1) is 28.0. The van der Waals surface area contributed by atoms with Crippen LogP contribution in [0.4, 0.5) is 10.1 Å². The van der Waals surface area contributed by atoms with E-state index >= 15 is 0 Å². The number of carbonyl (C=O) groups excluding carboxylic acids is 1. The van der Waals surface area contributed by atoms with E-state index < -0.39 is 5.97 Å². The molecule has 1 aliphatic heterocycles. The summed E-state index contributed by atoms with van der Waals surface area (Å²) in [5.41, 5.74) is 7.79. The first-order chi connectivity index (χ1) is 19.6. The van der Waals surface area contributed by atoms with Crippen molar-refractivity contribution in [2.45, 2.75) is 46.8 Å². The van der Waals surface area contributed by atoms with E-state index in [0.717, 1.165) is 44.6 Å². The molecule has 6 heteroatoms. The number of anilines is 1. The summed E-state index contributed by atoms with van der Waals surface area (Å²) in [5, 5.41) is 3.60. The molecule has 41 heavy (non-hydrogen) atoms. The molecule has 0 saturated heterocycles.